The number of nitrogens with zero attached hydrogens (tertiary/aromatic N) is 3. The van der Waals surface area contributed by atoms with Crippen molar-refractivity contribution in [1.82, 2.24) is 14.9 Å². The molecule has 0 radical (unpaired) electrons. The summed E-state index contributed by atoms with van der Waals surface area (Å²) in [6.07, 6.45) is 1.95. The SMILES string of the molecule is O=C(CN1C[C@]2(CC2(F)F)c2c(ccc(Br)c2F)C1=O)Nc1ncc(Cl)cn1. The molecule has 1 spiro atoms. The van der Waals surface area contributed by atoms with Gasteiger partial charge in [-0.05, 0) is 28.1 Å². The van der Waals surface area contributed by atoms with Crippen LogP contribution in [0.25, 0.3) is 0 Å². The lowest BCUT2D eigenvalue weighted by atomic mass is 9.85. The number of carbonyl (C=O) groups excluding carboxylic acids is 2. The van der Waals surface area contributed by atoms with Gasteiger partial charge in [-0.25, -0.2) is 23.1 Å². The Labute approximate surface area is 170 Å². The van der Waals surface area contributed by atoms with Crippen molar-refractivity contribution >= 4 is 45.3 Å². The lowest BCUT2D eigenvalue weighted by Gasteiger charge is -2.34. The van der Waals surface area contributed by atoms with Crippen LogP contribution in [0.2, 0.25) is 5.02 Å². The monoisotopic (exact) mass is 474 g/mol. The molecule has 1 aliphatic carbocycles. The molecule has 0 unspecified atom stereocenters. The van der Waals surface area contributed by atoms with E-state index in [4.69, 9.17) is 11.6 Å². The van der Waals surface area contributed by atoms with Crippen LogP contribution in [-0.2, 0) is 10.2 Å². The van der Waals surface area contributed by atoms with Gasteiger partial charge in [0.05, 0.1) is 27.3 Å². The van der Waals surface area contributed by atoms with E-state index in [9.17, 15) is 22.8 Å². The van der Waals surface area contributed by atoms with Crippen LogP contribution in [-0.4, -0.2) is 45.7 Å². The molecule has 0 bridgehead atoms. The molecule has 0 saturated heterocycles. The molecule has 1 aromatic carbocycles. The van der Waals surface area contributed by atoms with E-state index in [0.29, 0.717) is 0 Å². The molecule has 146 valence electrons. The Kier molecular flexibility index (Phi) is 4.38. The van der Waals surface area contributed by atoms with E-state index in [-0.39, 0.29) is 26.6 Å². The second-order valence-electron chi connectivity index (χ2n) is 6.68. The zero-order chi connectivity index (χ0) is 20.3. The van der Waals surface area contributed by atoms with Gasteiger partial charge >= 0.3 is 0 Å². The van der Waals surface area contributed by atoms with E-state index >= 15 is 0 Å². The minimum Gasteiger partial charge on any atom is -0.328 e. The van der Waals surface area contributed by atoms with E-state index in [2.05, 4.69) is 31.2 Å². The molecule has 2 aliphatic rings. The number of amides is 2. The number of carbonyl (C=O) groups is 2. The van der Waals surface area contributed by atoms with Crippen molar-refractivity contribution in [3.8, 4) is 0 Å². The van der Waals surface area contributed by atoms with Gasteiger partial charge < -0.3 is 4.90 Å². The number of hydrogen-bond donors (Lipinski definition) is 1. The van der Waals surface area contributed by atoms with Crippen molar-refractivity contribution in [2.45, 2.75) is 17.8 Å². The number of anilines is 1. The van der Waals surface area contributed by atoms with Crippen molar-refractivity contribution in [3.05, 3.63) is 51.0 Å². The van der Waals surface area contributed by atoms with Gasteiger partial charge in [-0.2, -0.15) is 0 Å². The topological polar surface area (TPSA) is 75.2 Å². The summed E-state index contributed by atoms with van der Waals surface area (Å²) >= 11 is 8.64. The summed E-state index contributed by atoms with van der Waals surface area (Å²) < 4.78 is 43.1. The number of hydrogen-bond acceptors (Lipinski definition) is 4. The Bertz CT molecular complexity index is 1000. The molecular weight excluding hydrogens is 465 g/mol. The first kappa shape index (κ1) is 19.1. The highest BCUT2D eigenvalue weighted by molar-refractivity contribution is 9.10. The van der Waals surface area contributed by atoms with Crippen LogP contribution in [0, 0.1) is 5.82 Å². The lowest BCUT2D eigenvalue weighted by molar-refractivity contribution is -0.117. The van der Waals surface area contributed by atoms with Crippen LogP contribution >= 0.6 is 27.5 Å². The normalized spacial score (nSPS) is 22.2. The molecule has 1 N–H and O–H groups in total. The Hall–Kier alpha value is -2.20. The number of aromatic nitrogens is 2. The maximum atomic E-state index is 14.6. The van der Waals surface area contributed by atoms with Gasteiger partial charge in [0, 0.05) is 24.1 Å². The molecule has 1 aromatic heterocycles. The van der Waals surface area contributed by atoms with Gasteiger partial charge in [0.2, 0.25) is 11.9 Å². The highest BCUT2D eigenvalue weighted by Crippen LogP contribution is 2.64. The lowest BCUT2D eigenvalue weighted by Crippen LogP contribution is -2.49. The van der Waals surface area contributed by atoms with E-state index in [0.717, 1.165) is 4.90 Å². The third-order valence-corrected chi connectivity index (χ3v) is 5.66. The molecule has 4 rings (SSSR count). The number of fused-ring (bicyclic) bond motifs is 2. The van der Waals surface area contributed by atoms with Crippen molar-refractivity contribution < 1.29 is 22.8 Å². The van der Waals surface area contributed by atoms with Crippen molar-refractivity contribution in [3.63, 3.8) is 0 Å². The van der Waals surface area contributed by atoms with Crippen molar-refractivity contribution in [2.75, 3.05) is 18.4 Å². The van der Waals surface area contributed by atoms with Crippen LogP contribution in [0.15, 0.2) is 29.0 Å². The molecule has 2 heterocycles. The molecule has 1 atom stereocenters. The highest BCUT2D eigenvalue weighted by Gasteiger charge is 2.75. The van der Waals surface area contributed by atoms with Crippen LogP contribution in [0.3, 0.4) is 0 Å². The maximum absolute atomic E-state index is 14.6. The van der Waals surface area contributed by atoms with E-state index in [1.165, 1.54) is 24.5 Å². The van der Waals surface area contributed by atoms with Crippen LogP contribution < -0.4 is 5.32 Å². The third-order valence-electron chi connectivity index (χ3n) is 4.86. The zero-order valence-corrected chi connectivity index (χ0v) is 16.3. The number of alkyl halides is 2. The van der Waals surface area contributed by atoms with E-state index in [1.54, 1.807) is 0 Å². The third kappa shape index (κ3) is 2.95. The molecular formula is C17H11BrClF3N4O2. The minimum atomic E-state index is -3.17. The fraction of sp³-hybridized carbons (Fsp3) is 0.294. The number of rotatable bonds is 3. The van der Waals surface area contributed by atoms with Crippen LogP contribution in [0.4, 0.5) is 19.1 Å². The molecule has 28 heavy (non-hydrogen) atoms. The summed E-state index contributed by atoms with van der Waals surface area (Å²) in [5.74, 6) is -5.45. The average molecular weight is 476 g/mol. The Balaban J connectivity index is 1.61. The largest absolute Gasteiger partial charge is 0.328 e. The second kappa shape index (κ2) is 6.41. The van der Waals surface area contributed by atoms with Crippen molar-refractivity contribution in [1.29, 1.82) is 0 Å². The number of nitrogens with one attached hydrogen (secondary N) is 1. The number of halogens is 5. The van der Waals surface area contributed by atoms with Crippen LogP contribution in [0.1, 0.15) is 22.3 Å². The van der Waals surface area contributed by atoms with Gasteiger partial charge in [-0.3, -0.25) is 14.9 Å². The summed E-state index contributed by atoms with van der Waals surface area (Å²) in [5.41, 5.74) is -2.30. The predicted molar refractivity (Wildman–Crippen MR) is 96.9 cm³/mol. The van der Waals surface area contributed by atoms with Crippen LogP contribution in [0.5, 0.6) is 0 Å². The zero-order valence-electron chi connectivity index (χ0n) is 14.0. The first-order valence-electron chi connectivity index (χ1n) is 8.08. The fourth-order valence-electron chi connectivity index (χ4n) is 3.46. The molecule has 1 fully saturated rings. The molecule has 1 aliphatic heterocycles. The van der Waals surface area contributed by atoms with Crippen molar-refractivity contribution in [2.24, 2.45) is 0 Å². The summed E-state index contributed by atoms with van der Waals surface area (Å²) in [6, 6.07) is 2.57. The van der Waals surface area contributed by atoms with Gasteiger partial charge in [0.1, 0.15) is 12.4 Å². The molecule has 1 saturated carbocycles. The summed E-state index contributed by atoms with van der Waals surface area (Å²) in [4.78, 5) is 33.5. The molecule has 2 amide bonds. The minimum absolute atomic E-state index is 0.00667. The molecule has 11 heteroatoms. The first-order chi connectivity index (χ1) is 13.1. The standard InChI is InChI=1S/C17H11BrClF3N4O2/c18-10-2-1-9-12(13(10)20)16(6-17(16,21)22)7-26(14(9)28)5-11(27)25-15-23-3-8(19)4-24-15/h1-4H,5-7H2,(H,23,24,25,27)/t16-/m1/s1. The Morgan fingerprint density at radius 1 is 1.32 bits per heavy atom. The smallest absolute Gasteiger partial charge is 0.260 e. The van der Waals surface area contributed by atoms with Gasteiger partial charge in [0.15, 0.2) is 0 Å². The van der Waals surface area contributed by atoms with E-state index in [1.807, 2.05) is 0 Å². The maximum Gasteiger partial charge on any atom is 0.260 e. The Morgan fingerprint density at radius 2 is 1.96 bits per heavy atom. The number of benzene rings is 1. The fourth-order valence-corrected chi connectivity index (χ4v) is 3.89. The summed E-state index contributed by atoms with van der Waals surface area (Å²) in [5, 5.41) is 2.64. The summed E-state index contributed by atoms with van der Waals surface area (Å²) in [6.45, 7) is -0.964. The summed E-state index contributed by atoms with van der Waals surface area (Å²) in [7, 11) is 0. The predicted octanol–water partition coefficient (Wildman–Crippen LogP) is 3.40. The van der Waals surface area contributed by atoms with Gasteiger partial charge in [0.25, 0.3) is 11.8 Å². The average Bonchev–Trinajstić information content (AvgIpc) is 3.17. The molecule has 6 nitrogen and oxygen atoms in total. The quantitative estimate of drug-likeness (QED) is 0.738. The molecule has 2 aromatic rings. The second-order valence-corrected chi connectivity index (χ2v) is 7.97. The highest BCUT2D eigenvalue weighted by atomic mass is 79.9. The van der Waals surface area contributed by atoms with Gasteiger partial charge in [-0.15, -0.1) is 0 Å². The van der Waals surface area contributed by atoms with Gasteiger partial charge in [-0.1, -0.05) is 11.6 Å². The first-order valence-corrected chi connectivity index (χ1v) is 9.25. The Morgan fingerprint density at radius 3 is 2.57 bits per heavy atom. The van der Waals surface area contributed by atoms with E-state index < -0.39 is 48.5 Å².